The van der Waals surface area contributed by atoms with Crippen molar-refractivity contribution < 1.29 is 14.3 Å². The number of halogens is 2. The number of benzene rings is 1. The highest BCUT2D eigenvalue weighted by Crippen LogP contribution is 2.31. The minimum absolute atomic E-state index is 0. The lowest BCUT2D eigenvalue weighted by molar-refractivity contribution is -0.125. The van der Waals surface area contributed by atoms with E-state index in [0.29, 0.717) is 22.3 Å². The van der Waals surface area contributed by atoms with Crippen LogP contribution in [0, 0.1) is 0 Å². The zero-order valence-electron chi connectivity index (χ0n) is 10.8. The topological polar surface area (TPSA) is 60.5 Å². The number of nitrogens with zero attached hydrogens (tertiary/aromatic N) is 1. The number of aromatic nitrogens is 1. The Bertz CT molecular complexity index is 652. The largest absolute Gasteiger partial charge is 0.485 e. The first-order valence-electron chi connectivity index (χ1n) is 6.04. The second-order valence-corrected chi connectivity index (χ2v) is 4.59. The van der Waals surface area contributed by atoms with E-state index in [9.17, 15) is 4.79 Å². The standard InChI is InChI=1S/C14H11ClN2O3.ClH/c15-9-4-3-7-16-13(9)17-14(18)12-8-19-10-5-1-2-6-11(10)20-12;/h1-7,12H,8H2,(H,16,17,18);1H. The molecule has 0 spiro atoms. The summed E-state index contributed by atoms with van der Waals surface area (Å²) >= 11 is 5.94. The Morgan fingerprint density at radius 3 is 2.76 bits per heavy atom. The number of nitrogens with one attached hydrogen (secondary N) is 1. The van der Waals surface area contributed by atoms with Gasteiger partial charge in [-0.1, -0.05) is 23.7 Å². The van der Waals surface area contributed by atoms with Crippen LogP contribution in [0.4, 0.5) is 5.82 Å². The Morgan fingerprint density at radius 1 is 1.24 bits per heavy atom. The van der Waals surface area contributed by atoms with Crippen LogP contribution in [0.5, 0.6) is 11.5 Å². The van der Waals surface area contributed by atoms with Crippen molar-refractivity contribution in [1.82, 2.24) is 4.98 Å². The Labute approximate surface area is 132 Å². The highest BCUT2D eigenvalue weighted by Gasteiger charge is 2.27. The summed E-state index contributed by atoms with van der Waals surface area (Å²) in [5.41, 5.74) is 0. The number of rotatable bonds is 2. The van der Waals surface area contributed by atoms with Crippen LogP contribution in [-0.2, 0) is 4.79 Å². The molecule has 110 valence electrons. The zero-order valence-corrected chi connectivity index (χ0v) is 12.4. The lowest BCUT2D eigenvalue weighted by atomic mass is 10.2. The minimum atomic E-state index is -0.733. The van der Waals surface area contributed by atoms with Crippen molar-refractivity contribution in [3.63, 3.8) is 0 Å². The van der Waals surface area contributed by atoms with E-state index in [-0.39, 0.29) is 24.9 Å². The molecule has 0 radical (unpaired) electrons. The maximum absolute atomic E-state index is 12.1. The van der Waals surface area contributed by atoms with E-state index in [1.165, 1.54) is 0 Å². The van der Waals surface area contributed by atoms with Crippen molar-refractivity contribution >= 4 is 35.7 Å². The third-order valence-corrected chi connectivity index (χ3v) is 3.11. The van der Waals surface area contributed by atoms with Crippen LogP contribution < -0.4 is 14.8 Å². The van der Waals surface area contributed by atoms with Crippen molar-refractivity contribution in [3.05, 3.63) is 47.6 Å². The summed E-state index contributed by atoms with van der Waals surface area (Å²) in [6, 6.07) is 10.5. The quantitative estimate of drug-likeness (QED) is 0.921. The van der Waals surface area contributed by atoms with Crippen LogP contribution in [0.1, 0.15) is 0 Å². The van der Waals surface area contributed by atoms with E-state index in [0.717, 1.165) is 0 Å². The summed E-state index contributed by atoms with van der Waals surface area (Å²) in [4.78, 5) is 16.1. The fourth-order valence-corrected chi connectivity index (χ4v) is 1.99. The van der Waals surface area contributed by atoms with Gasteiger partial charge in [0.15, 0.2) is 17.3 Å². The van der Waals surface area contributed by atoms with E-state index < -0.39 is 6.10 Å². The summed E-state index contributed by atoms with van der Waals surface area (Å²) < 4.78 is 11.1. The molecule has 1 atom stereocenters. The average Bonchev–Trinajstić information content (AvgIpc) is 2.49. The van der Waals surface area contributed by atoms with Gasteiger partial charge in [0.2, 0.25) is 6.10 Å². The van der Waals surface area contributed by atoms with Crippen LogP contribution in [0.3, 0.4) is 0 Å². The Morgan fingerprint density at radius 2 is 2.00 bits per heavy atom. The fourth-order valence-electron chi connectivity index (χ4n) is 1.82. The molecular formula is C14H12Cl2N2O3. The van der Waals surface area contributed by atoms with Crippen molar-refractivity contribution in [1.29, 1.82) is 0 Å². The van der Waals surface area contributed by atoms with Gasteiger partial charge in [-0.25, -0.2) is 4.98 Å². The summed E-state index contributed by atoms with van der Waals surface area (Å²) in [6.45, 7) is 0.146. The van der Waals surface area contributed by atoms with E-state index in [1.807, 2.05) is 12.1 Å². The molecule has 2 aromatic rings. The van der Waals surface area contributed by atoms with Gasteiger partial charge in [0.1, 0.15) is 6.61 Å². The fraction of sp³-hybridized carbons (Fsp3) is 0.143. The molecule has 1 amide bonds. The molecule has 0 fully saturated rings. The lowest BCUT2D eigenvalue weighted by Crippen LogP contribution is -2.40. The van der Waals surface area contributed by atoms with Gasteiger partial charge < -0.3 is 14.8 Å². The molecule has 1 unspecified atom stereocenters. The molecule has 1 aromatic heterocycles. The van der Waals surface area contributed by atoms with Gasteiger partial charge in [-0.3, -0.25) is 4.79 Å². The SMILES string of the molecule is Cl.O=C(Nc1ncccc1Cl)C1COc2ccccc2O1. The van der Waals surface area contributed by atoms with E-state index >= 15 is 0 Å². The Kier molecular flexibility index (Phi) is 4.88. The van der Waals surface area contributed by atoms with Crippen LogP contribution in [-0.4, -0.2) is 23.6 Å². The number of carbonyl (C=O) groups is 1. The molecule has 0 saturated carbocycles. The molecule has 5 nitrogen and oxygen atoms in total. The molecule has 1 aliphatic rings. The second kappa shape index (κ2) is 6.65. The number of anilines is 1. The van der Waals surface area contributed by atoms with Crippen molar-refractivity contribution in [2.45, 2.75) is 6.10 Å². The summed E-state index contributed by atoms with van der Waals surface area (Å²) in [5, 5.41) is 3.00. The number of fused-ring (bicyclic) bond motifs is 1. The molecule has 2 heterocycles. The van der Waals surface area contributed by atoms with Crippen LogP contribution in [0.2, 0.25) is 5.02 Å². The zero-order chi connectivity index (χ0) is 13.9. The molecule has 0 bridgehead atoms. The van der Waals surface area contributed by atoms with Gasteiger partial charge >= 0.3 is 0 Å². The van der Waals surface area contributed by atoms with Gasteiger partial charge in [0.25, 0.3) is 5.91 Å². The molecular weight excluding hydrogens is 315 g/mol. The van der Waals surface area contributed by atoms with Crippen molar-refractivity contribution in [2.75, 3.05) is 11.9 Å². The molecule has 1 aliphatic heterocycles. The molecule has 0 saturated heterocycles. The first kappa shape index (κ1) is 15.4. The number of amides is 1. The summed E-state index contributed by atoms with van der Waals surface area (Å²) in [5.74, 6) is 1.14. The second-order valence-electron chi connectivity index (χ2n) is 4.19. The number of hydrogen-bond donors (Lipinski definition) is 1. The van der Waals surface area contributed by atoms with Crippen LogP contribution in [0.25, 0.3) is 0 Å². The number of carbonyl (C=O) groups excluding carboxylic acids is 1. The molecule has 1 aromatic carbocycles. The molecule has 21 heavy (non-hydrogen) atoms. The number of pyridine rings is 1. The Hall–Kier alpha value is -1.98. The maximum Gasteiger partial charge on any atom is 0.270 e. The van der Waals surface area contributed by atoms with Gasteiger partial charge in [0, 0.05) is 6.20 Å². The molecule has 7 heteroatoms. The summed E-state index contributed by atoms with van der Waals surface area (Å²) in [6.07, 6.45) is 0.817. The molecule has 3 rings (SSSR count). The van der Waals surface area contributed by atoms with Crippen molar-refractivity contribution in [2.24, 2.45) is 0 Å². The number of para-hydroxylation sites is 2. The highest BCUT2D eigenvalue weighted by molar-refractivity contribution is 6.33. The van der Waals surface area contributed by atoms with Gasteiger partial charge in [0.05, 0.1) is 5.02 Å². The van der Waals surface area contributed by atoms with Crippen LogP contribution in [0.15, 0.2) is 42.6 Å². The molecule has 1 N–H and O–H groups in total. The monoisotopic (exact) mass is 326 g/mol. The summed E-state index contributed by atoms with van der Waals surface area (Å²) in [7, 11) is 0. The van der Waals surface area contributed by atoms with Gasteiger partial charge in [-0.2, -0.15) is 0 Å². The van der Waals surface area contributed by atoms with E-state index in [1.54, 1.807) is 30.5 Å². The third kappa shape index (κ3) is 3.37. The van der Waals surface area contributed by atoms with E-state index in [4.69, 9.17) is 21.1 Å². The van der Waals surface area contributed by atoms with Crippen LogP contribution >= 0.6 is 24.0 Å². The Balaban J connectivity index is 0.00000161. The lowest BCUT2D eigenvalue weighted by Gasteiger charge is -2.25. The maximum atomic E-state index is 12.1. The predicted octanol–water partition coefficient (Wildman–Crippen LogP) is 2.94. The number of hydrogen-bond acceptors (Lipinski definition) is 4. The van der Waals surface area contributed by atoms with Gasteiger partial charge in [-0.05, 0) is 24.3 Å². The van der Waals surface area contributed by atoms with Gasteiger partial charge in [-0.15, -0.1) is 12.4 Å². The highest BCUT2D eigenvalue weighted by atomic mass is 35.5. The first-order chi connectivity index (χ1) is 9.74. The number of ether oxygens (including phenoxy) is 2. The van der Waals surface area contributed by atoms with E-state index in [2.05, 4.69) is 10.3 Å². The third-order valence-electron chi connectivity index (χ3n) is 2.80. The van der Waals surface area contributed by atoms with Crippen molar-refractivity contribution in [3.8, 4) is 11.5 Å². The molecule has 0 aliphatic carbocycles. The predicted molar refractivity (Wildman–Crippen MR) is 81.5 cm³/mol. The average molecular weight is 327 g/mol. The minimum Gasteiger partial charge on any atom is -0.485 e. The first-order valence-corrected chi connectivity index (χ1v) is 6.42. The normalized spacial score (nSPS) is 15.8. The smallest absolute Gasteiger partial charge is 0.270 e.